The summed E-state index contributed by atoms with van der Waals surface area (Å²) in [6.45, 7) is 3.50. The normalized spacial score (nSPS) is 10.3. The van der Waals surface area contributed by atoms with Crippen LogP contribution in [0.5, 0.6) is 0 Å². The molecular weight excluding hydrogens is 389 g/mol. The maximum Gasteiger partial charge on any atom is 0.341 e. The van der Waals surface area contributed by atoms with Crippen molar-refractivity contribution in [1.82, 2.24) is 4.90 Å². The largest absolute Gasteiger partial charge is 0.465 e. The number of nitrogens with zero attached hydrogens (tertiary/aromatic N) is 1. The fourth-order valence-corrected chi connectivity index (χ4v) is 3.85. The molecule has 0 fully saturated rings. The molecule has 0 aliphatic heterocycles. The van der Waals surface area contributed by atoms with Crippen LogP contribution in [-0.4, -0.2) is 43.1 Å². The lowest BCUT2D eigenvalue weighted by Crippen LogP contribution is -2.21. The molecule has 0 saturated heterocycles. The number of thiocarbonyl (C=S) groups is 1. The lowest BCUT2D eigenvalue weighted by atomic mass is 10.1. The van der Waals surface area contributed by atoms with E-state index < -0.39 is 11.8 Å². The van der Waals surface area contributed by atoms with Gasteiger partial charge < -0.3 is 20.3 Å². The van der Waals surface area contributed by atoms with E-state index in [4.69, 9.17) is 17.0 Å². The molecule has 1 amide bonds. The quantitative estimate of drug-likeness (QED) is 0.591. The van der Waals surface area contributed by atoms with Crippen molar-refractivity contribution in [3.8, 4) is 0 Å². The first kappa shape index (κ1) is 20.8. The zero-order valence-electron chi connectivity index (χ0n) is 15.6. The molecule has 0 spiro atoms. The van der Waals surface area contributed by atoms with Crippen LogP contribution in [0.2, 0.25) is 0 Å². The van der Waals surface area contributed by atoms with Crippen molar-refractivity contribution in [2.24, 2.45) is 0 Å². The van der Waals surface area contributed by atoms with Crippen LogP contribution in [0.15, 0.2) is 18.2 Å². The maximum atomic E-state index is 13.9. The highest BCUT2D eigenvalue weighted by atomic mass is 32.1. The first-order chi connectivity index (χ1) is 12.6. The summed E-state index contributed by atoms with van der Waals surface area (Å²) in [7, 11) is 4.51. The highest BCUT2D eigenvalue weighted by Crippen LogP contribution is 2.34. The molecule has 1 aromatic carbocycles. The molecule has 0 atom stereocenters. The minimum atomic E-state index is -0.589. The van der Waals surface area contributed by atoms with E-state index in [2.05, 4.69) is 10.6 Å². The second kappa shape index (κ2) is 8.45. The molecular formula is C18H20FN3O3S2. The van der Waals surface area contributed by atoms with Gasteiger partial charge in [0.2, 0.25) is 0 Å². The standard InChI is InChI=1S/C18H20FN3O3S2/c1-9-6-7-11(19)12(8-9)20-18(26)21-15-13(17(24)25-5)10(2)14(27-15)16(23)22(3)4/h6-8H,1-5H3,(H2,20,21,26). The molecule has 0 radical (unpaired) electrons. The fourth-order valence-electron chi connectivity index (χ4n) is 2.35. The predicted molar refractivity (Wildman–Crippen MR) is 109 cm³/mol. The van der Waals surface area contributed by atoms with Crippen molar-refractivity contribution in [1.29, 1.82) is 0 Å². The molecule has 0 unspecified atom stereocenters. The van der Waals surface area contributed by atoms with Crippen molar-refractivity contribution in [3.63, 3.8) is 0 Å². The molecule has 9 heteroatoms. The highest BCUT2D eigenvalue weighted by molar-refractivity contribution is 7.80. The van der Waals surface area contributed by atoms with Gasteiger partial charge in [-0.1, -0.05) is 6.07 Å². The number of amides is 1. The monoisotopic (exact) mass is 409 g/mol. The molecule has 144 valence electrons. The number of anilines is 2. The number of rotatable bonds is 4. The Hall–Kier alpha value is -2.52. The third kappa shape index (κ3) is 4.61. The van der Waals surface area contributed by atoms with Crippen LogP contribution in [-0.2, 0) is 4.74 Å². The van der Waals surface area contributed by atoms with Gasteiger partial charge in [-0.3, -0.25) is 4.79 Å². The van der Waals surface area contributed by atoms with Gasteiger partial charge >= 0.3 is 5.97 Å². The Morgan fingerprint density at radius 3 is 2.48 bits per heavy atom. The molecule has 2 rings (SSSR count). The van der Waals surface area contributed by atoms with E-state index in [9.17, 15) is 14.0 Å². The number of halogens is 1. The number of carbonyl (C=O) groups excluding carboxylic acids is 2. The average molecular weight is 410 g/mol. The summed E-state index contributed by atoms with van der Waals surface area (Å²) in [5.41, 5.74) is 1.80. The van der Waals surface area contributed by atoms with Crippen LogP contribution in [0.1, 0.15) is 31.2 Å². The first-order valence-corrected chi connectivity index (χ1v) is 9.15. The molecule has 2 N–H and O–H groups in total. The van der Waals surface area contributed by atoms with Crippen LogP contribution >= 0.6 is 23.6 Å². The minimum absolute atomic E-state index is 0.0924. The van der Waals surface area contributed by atoms with E-state index in [1.54, 1.807) is 33.2 Å². The number of nitrogens with one attached hydrogen (secondary N) is 2. The molecule has 0 aliphatic rings. The lowest BCUT2D eigenvalue weighted by molar-refractivity contribution is 0.0601. The SMILES string of the molecule is COC(=O)c1c(NC(=S)Nc2cc(C)ccc2F)sc(C(=O)N(C)C)c1C. The van der Waals surface area contributed by atoms with E-state index in [1.807, 2.05) is 6.92 Å². The zero-order chi connectivity index (χ0) is 20.3. The van der Waals surface area contributed by atoms with Gasteiger partial charge in [-0.15, -0.1) is 11.3 Å². The number of carbonyl (C=O) groups is 2. The number of methoxy groups -OCH3 is 1. The van der Waals surface area contributed by atoms with Gasteiger partial charge in [0, 0.05) is 14.1 Å². The van der Waals surface area contributed by atoms with Gasteiger partial charge in [-0.2, -0.15) is 0 Å². The van der Waals surface area contributed by atoms with Gasteiger partial charge in [-0.25, -0.2) is 9.18 Å². The Labute approximate surface area is 166 Å². The molecule has 1 heterocycles. The Kier molecular flexibility index (Phi) is 6.50. The Bertz CT molecular complexity index is 909. The Morgan fingerprint density at radius 2 is 1.89 bits per heavy atom. The second-order valence-corrected chi connectivity index (χ2v) is 7.44. The zero-order valence-corrected chi connectivity index (χ0v) is 17.2. The summed E-state index contributed by atoms with van der Waals surface area (Å²) < 4.78 is 18.7. The number of ether oxygens (including phenoxy) is 1. The van der Waals surface area contributed by atoms with Crippen molar-refractivity contribution < 1.29 is 18.7 Å². The molecule has 6 nitrogen and oxygen atoms in total. The highest BCUT2D eigenvalue weighted by Gasteiger charge is 2.26. The van der Waals surface area contributed by atoms with Crippen LogP contribution in [0, 0.1) is 19.7 Å². The van der Waals surface area contributed by atoms with Gasteiger partial charge in [0.25, 0.3) is 5.91 Å². The van der Waals surface area contributed by atoms with Crippen molar-refractivity contribution in [2.45, 2.75) is 13.8 Å². The molecule has 27 heavy (non-hydrogen) atoms. The number of thiophene rings is 1. The topological polar surface area (TPSA) is 70.7 Å². The van der Waals surface area contributed by atoms with Crippen molar-refractivity contribution in [2.75, 3.05) is 31.8 Å². The van der Waals surface area contributed by atoms with Gasteiger partial charge in [0.15, 0.2) is 5.11 Å². The Balaban J connectivity index is 2.35. The van der Waals surface area contributed by atoms with Crippen molar-refractivity contribution >= 4 is 51.2 Å². The lowest BCUT2D eigenvalue weighted by Gasteiger charge is -2.12. The van der Waals surface area contributed by atoms with Gasteiger partial charge in [0.05, 0.1) is 23.2 Å². The average Bonchev–Trinajstić information content (AvgIpc) is 2.92. The van der Waals surface area contributed by atoms with Gasteiger partial charge in [0.1, 0.15) is 10.8 Å². The molecule has 0 aliphatic carbocycles. The first-order valence-electron chi connectivity index (χ1n) is 7.93. The van der Waals surface area contributed by atoms with Gasteiger partial charge in [-0.05, 0) is 49.3 Å². The summed E-state index contributed by atoms with van der Waals surface area (Å²) in [4.78, 5) is 26.4. The van der Waals surface area contributed by atoms with Crippen LogP contribution < -0.4 is 10.6 Å². The predicted octanol–water partition coefficient (Wildman–Crippen LogP) is 3.80. The number of aryl methyl sites for hydroxylation is 1. The summed E-state index contributed by atoms with van der Waals surface area (Å²) in [6.07, 6.45) is 0. The maximum absolute atomic E-state index is 13.9. The summed E-state index contributed by atoms with van der Waals surface area (Å²) >= 11 is 6.33. The van der Waals surface area contributed by atoms with Crippen LogP contribution in [0.4, 0.5) is 15.1 Å². The van der Waals surface area contributed by atoms with Crippen LogP contribution in [0.3, 0.4) is 0 Å². The molecule has 1 aromatic heterocycles. The summed E-state index contributed by atoms with van der Waals surface area (Å²) in [5, 5.41) is 6.09. The van der Waals surface area contributed by atoms with Crippen molar-refractivity contribution in [3.05, 3.63) is 45.6 Å². The number of esters is 1. The smallest absolute Gasteiger partial charge is 0.341 e. The molecule has 2 aromatic rings. The fraction of sp³-hybridized carbons (Fsp3) is 0.278. The van der Waals surface area contributed by atoms with E-state index >= 15 is 0 Å². The second-order valence-electron chi connectivity index (χ2n) is 6.01. The third-order valence-electron chi connectivity index (χ3n) is 3.73. The number of benzene rings is 1. The van der Waals surface area contributed by atoms with E-state index in [0.717, 1.165) is 16.9 Å². The third-order valence-corrected chi connectivity index (χ3v) is 5.13. The number of hydrogen-bond donors (Lipinski definition) is 2. The number of hydrogen-bond acceptors (Lipinski definition) is 5. The summed E-state index contributed by atoms with van der Waals surface area (Å²) in [5.74, 6) is -1.28. The Morgan fingerprint density at radius 1 is 1.22 bits per heavy atom. The van der Waals surface area contributed by atoms with Crippen LogP contribution in [0.25, 0.3) is 0 Å². The molecule has 0 saturated carbocycles. The van der Waals surface area contributed by atoms with E-state index in [0.29, 0.717) is 15.4 Å². The van der Waals surface area contributed by atoms with E-state index in [-0.39, 0.29) is 22.3 Å². The minimum Gasteiger partial charge on any atom is -0.465 e. The molecule has 0 bridgehead atoms. The van der Waals surface area contributed by atoms with E-state index in [1.165, 1.54) is 18.1 Å². The summed E-state index contributed by atoms with van der Waals surface area (Å²) in [6, 6.07) is 4.60.